The third kappa shape index (κ3) is 3.29. The van der Waals surface area contributed by atoms with Gasteiger partial charge in [0.25, 0.3) is 5.91 Å². The third-order valence-corrected chi connectivity index (χ3v) is 5.69. The maximum Gasteiger partial charge on any atom is 0.256 e. The second-order valence-corrected chi connectivity index (χ2v) is 7.58. The SMILES string of the molecule is Cc1csc(C2CCCCN2C(=O)c2ccc(NC3CC3)nc2)n1. The van der Waals surface area contributed by atoms with E-state index in [9.17, 15) is 4.79 Å². The van der Waals surface area contributed by atoms with Crippen LogP contribution in [0.15, 0.2) is 23.7 Å². The molecule has 24 heavy (non-hydrogen) atoms. The Balaban J connectivity index is 1.52. The predicted octanol–water partition coefficient (Wildman–Crippen LogP) is 3.79. The van der Waals surface area contributed by atoms with Crippen molar-refractivity contribution in [1.82, 2.24) is 14.9 Å². The first-order chi connectivity index (χ1) is 11.7. The van der Waals surface area contributed by atoms with E-state index in [0.717, 1.165) is 42.3 Å². The Morgan fingerprint density at radius 1 is 1.29 bits per heavy atom. The number of anilines is 1. The summed E-state index contributed by atoms with van der Waals surface area (Å²) >= 11 is 1.66. The van der Waals surface area contributed by atoms with E-state index >= 15 is 0 Å². The van der Waals surface area contributed by atoms with Gasteiger partial charge in [0.05, 0.1) is 11.6 Å². The molecule has 5 nitrogen and oxygen atoms in total. The molecule has 1 amide bonds. The number of thiazole rings is 1. The van der Waals surface area contributed by atoms with Crippen molar-refractivity contribution in [1.29, 1.82) is 0 Å². The molecule has 1 N–H and O–H groups in total. The fraction of sp³-hybridized carbons (Fsp3) is 0.500. The molecule has 4 rings (SSSR count). The average Bonchev–Trinajstić information content (AvgIpc) is 3.32. The fourth-order valence-electron chi connectivity index (χ4n) is 3.16. The number of nitrogens with zero attached hydrogens (tertiary/aromatic N) is 3. The van der Waals surface area contributed by atoms with Gasteiger partial charge in [0, 0.05) is 29.9 Å². The van der Waals surface area contributed by atoms with Gasteiger partial charge in [-0.2, -0.15) is 0 Å². The van der Waals surface area contributed by atoms with E-state index in [-0.39, 0.29) is 11.9 Å². The van der Waals surface area contributed by atoms with Crippen molar-refractivity contribution in [3.05, 3.63) is 40.0 Å². The van der Waals surface area contributed by atoms with E-state index in [1.165, 1.54) is 12.8 Å². The second-order valence-electron chi connectivity index (χ2n) is 6.69. The number of aromatic nitrogens is 2. The molecule has 1 aliphatic heterocycles. The lowest BCUT2D eigenvalue weighted by Gasteiger charge is -2.34. The highest BCUT2D eigenvalue weighted by Gasteiger charge is 2.30. The standard InChI is InChI=1S/C18H22N4OS/c1-12-11-24-17(20-12)15-4-2-3-9-22(15)18(23)13-5-8-16(19-10-13)21-14-6-7-14/h5,8,10-11,14-15H,2-4,6-7,9H2,1H3,(H,19,21). The summed E-state index contributed by atoms with van der Waals surface area (Å²) in [6.07, 6.45) is 7.33. The summed E-state index contributed by atoms with van der Waals surface area (Å²) in [5.74, 6) is 0.929. The quantitative estimate of drug-likeness (QED) is 0.918. The largest absolute Gasteiger partial charge is 0.367 e. The molecule has 1 unspecified atom stereocenters. The lowest BCUT2D eigenvalue weighted by atomic mass is 10.0. The summed E-state index contributed by atoms with van der Waals surface area (Å²) in [7, 11) is 0. The molecular weight excluding hydrogens is 320 g/mol. The Morgan fingerprint density at radius 2 is 2.17 bits per heavy atom. The number of piperidine rings is 1. The van der Waals surface area contributed by atoms with Gasteiger partial charge >= 0.3 is 0 Å². The van der Waals surface area contributed by atoms with Crippen molar-refractivity contribution in [3.63, 3.8) is 0 Å². The van der Waals surface area contributed by atoms with Crippen molar-refractivity contribution in [2.24, 2.45) is 0 Å². The Hall–Kier alpha value is -1.95. The van der Waals surface area contributed by atoms with Crippen molar-refractivity contribution in [3.8, 4) is 0 Å². The minimum Gasteiger partial charge on any atom is -0.367 e. The number of rotatable bonds is 4. The van der Waals surface area contributed by atoms with Crippen molar-refractivity contribution < 1.29 is 4.79 Å². The van der Waals surface area contributed by atoms with Gasteiger partial charge in [0.2, 0.25) is 0 Å². The summed E-state index contributed by atoms with van der Waals surface area (Å²) in [6, 6.07) is 4.48. The van der Waals surface area contributed by atoms with Gasteiger partial charge in [-0.3, -0.25) is 4.79 Å². The van der Waals surface area contributed by atoms with Gasteiger partial charge in [-0.05, 0) is 51.2 Å². The Labute approximate surface area is 146 Å². The molecule has 1 saturated carbocycles. The highest BCUT2D eigenvalue weighted by molar-refractivity contribution is 7.09. The Morgan fingerprint density at radius 3 is 2.83 bits per heavy atom. The van der Waals surface area contributed by atoms with Crippen LogP contribution in [0.2, 0.25) is 0 Å². The first-order valence-electron chi connectivity index (χ1n) is 8.66. The van der Waals surface area contributed by atoms with Crippen molar-refractivity contribution >= 4 is 23.1 Å². The molecule has 1 aliphatic carbocycles. The smallest absolute Gasteiger partial charge is 0.256 e. The van der Waals surface area contributed by atoms with Crippen molar-refractivity contribution in [2.75, 3.05) is 11.9 Å². The summed E-state index contributed by atoms with van der Waals surface area (Å²) in [5.41, 5.74) is 1.70. The van der Waals surface area contributed by atoms with Crippen molar-refractivity contribution in [2.45, 2.75) is 51.1 Å². The molecule has 3 heterocycles. The molecule has 2 aliphatic rings. The Bertz CT molecular complexity index is 723. The van der Waals surface area contributed by atoms with Crippen LogP contribution in [0.4, 0.5) is 5.82 Å². The van der Waals surface area contributed by atoms with Crippen LogP contribution in [0.3, 0.4) is 0 Å². The molecule has 0 bridgehead atoms. The number of pyridine rings is 1. The summed E-state index contributed by atoms with van der Waals surface area (Å²) in [6.45, 7) is 2.80. The first kappa shape index (κ1) is 15.6. The van der Waals surface area contributed by atoms with Crippen LogP contribution >= 0.6 is 11.3 Å². The molecule has 0 radical (unpaired) electrons. The number of amides is 1. The lowest BCUT2D eigenvalue weighted by molar-refractivity contribution is 0.0610. The van der Waals surface area contributed by atoms with Gasteiger partial charge in [0.1, 0.15) is 10.8 Å². The second kappa shape index (κ2) is 6.51. The van der Waals surface area contributed by atoms with Gasteiger partial charge in [0.15, 0.2) is 0 Å². The number of hydrogen-bond acceptors (Lipinski definition) is 5. The number of hydrogen-bond donors (Lipinski definition) is 1. The maximum atomic E-state index is 13.0. The first-order valence-corrected chi connectivity index (χ1v) is 9.54. The van der Waals surface area contributed by atoms with E-state index in [0.29, 0.717) is 11.6 Å². The Kier molecular flexibility index (Phi) is 4.22. The predicted molar refractivity (Wildman–Crippen MR) is 95.4 cm³/mol. The van der Waals surface area contributed by atoms with E-state index < -0.39 is 0 Å². The van der Waals surface area contributed by atoms with Crippen LogP contribution in [0.1, 0.15) is 59.2 Å². The minimum absolute atomic E-state index is 0.0676. The molecule has 2 aromatic heterocycles. The molecule has 6 heteroatoms. The molecular formula is C18H22N4OS. The van der Waals surface area contributed by atoms with Crippen LogP contribution < -0.4 is 5.32 Å². The normalized spacial score (nSPS) is 20.9. The van der Waals surface area contributed by atoms with E-state index in [1.54, 1.807) is 17.5 Å². The van der Waals surface area contributed by atoms with Crippen LogP contribution in [0.25, 0.3) is 0 Å². The molecule has 1 saturated heterocycles. The monoisotopic (exact) mass is 342 g/mol. The molecule has 0 aromatic carbocycles. The topological polar surface area (TPSA) is 58.1 Å². The maximum absolute atomic E-state index is 13.0. The highest BCUT2D eigenvalue weighted by atomic mass is 32.1. The molecule has 2 fully saturated rings. The number of aryl methyl sites for hydroxylation is 1. The molecule has 0 spiro atoms. The molecule has 2 aromatic rings. The number of carbonyl (C=O) groups is 1. The van der Waals surface area contributed by atoms with Gasteiger partial charge < -0.3 is 10.2 Å². The lowest BCUT2D eigenvalue weighted by Crippen LogP contribution is -2.38. The van der Waals surface area contributed by atoms with Gasteiger partial charge in [-0.25, -0.2) is 9.97 Å². The van der Waals surface area contributed by atoms with Crippen LogP contribution in [0, 0.1) is 6.92 Å². The summed E-state index contributed by atoms with van der Waals surface area (Å²) in [5, 5.41) is 6.47. The third-order valence-electron chi connectivity index (χ3n) is 4.63. The zero-order valence-electron chi connectivity index (χ0n) is 13.9. The number of nitrogens with one attached hydrogen (secondary N) is 1. The zero-order chi connectivity index (χ0) is 16.5. The van der Waals surface area contributed by atoms with Gasteiger partial charge in [-0.15, -0.1) is 11.3 Å². The zero-order valence-corrected chi connectivity index (χ0v) is 14.7. The van der Waals surface area contributed by atoms with Crippen LogP contribution in [0.5, 0.6) is 0 Å². The van der Waals surface area contributed by atoms with E-state index in [4.69, 9.17) is 0 Å². The summed E-state index contributed by atoms with van der Waals surface area (Å²) < 4.78 is 0. The number of likely N-dealkylation sites (tertiary alicyclic amines) is 1. The molecule has 1 atom stereocenters. The highest BCUT2D eigenvalue weighted by Crippen LogP contribution is 2.33. The number of carbonyl (C=O) groups excluding carboxylic acids is 1. The fourth-order valence-corrected chi connectivity index (χ4v) is 4.11. The summed E-state index contributed by atoms with van der Waals surface area (Å²) in [4.78, 5) is 24.0. The van der Waals surface area contributed by atoms with E-state index in [1.807, 2.05) is 24.0 Å². The van der Waals surface area contributed by atoms with Gasteiger partial charge in [-0.1, -0.05) is 0 Å². The van der Waals surface area contributed by atoms with E-state index in [2.05, 4.69) is 20.7 Å². The van der Waals surface area contributed by atoms with Crippen LogP contribution in [-0.4, -0.2) is 33.4 Å². The average molecular weight is 342 g/mol. The molecule has 126 valence electrons. The van der Waals surface area contributed by atoms with Crippen LogP contribution in [-0.2, 0) is 0 Å². The minimum atomic E-state index is 0.0676.